The molecule has 0 aliphatic carbocycles. The molecule has 0 atom stereocenters. The van der Waals surface area contributed by atoms with Gasteiger partial charge in [-0.3, -0.25) is 4.90 Å². The van der Waals surface area contributed by atoms with Crippen molar-refractivity contribution in [1.29, 1.82) is 0 Å². The summed E-state index contributed by atoms with van der Waals surface area (Å²) in [5, 5.41) is 0.638. The molecule has 2 heterocycles. The average Bonchev–Trinajstić information content (AvgIpc) is 3.16. The van der Waals surface area contributed by atoms with E-state index in [0.29, 0.717) is 22.1 Å². The number of fused-ring (bicyclic) bond motifs is 1. The Bertz CT molecular complexity index is 1050. The number of ether oxygens (including phenoxy) is 2. The zero-order valence-electron chi connectivity index (χ0n) is 16.6. The zero-order chi connectivity index (χ0) is 21.3. The first kappa shape index (κ1) is 20.7. The van der Waals surface area contributed by atoms with E-state index in [9.17, 15) is 13.2 Å². The van der Waals surface area contributed by atoms with Crippen LogP contribution in [0.25, 0.3) is 10.6 Å². The number of rotatable bonds is 5. The number of hydrogen-bond donors (Lipinski definition) is 0. The molecular formula is C22H21F3N2O2S. The number of halogens is 3. The van der Waals surface area contributed by atoms with Crippen molar-refractivity contribution in [2.45, 2.75) is 25.7 Å². The van der Waals surface area contributed by atoms with Crippen molar-refractivity contribution < 1.29 is 22.6 Å². The smallest absolute Gasteiger partial charge is 0.416 e. The first-order chi connectivity index (χ1) is 14.4. The quantitative estimate of drug-likeness (QED) is 0.538. The van der Waals surface area contributed by atoms with Gasteiger partial charge in [-0.2, -0.15) is 13.2 Å². The summed E-state index contributed by atoms with van der Waals surface area (Å²) in [5.41, 5.74) is 1.95. The van der Waals surface area contributed by atoms with E-state index in [-0.39, 0.29) is 0 Å². The van der Waals surface area contributed by atoms with Crippen molar-refractivity contribution in [3.63, 3.8) is 0 Å². The van der Waals surface area contributed by atoms with E-state index in [1.54, 1.807) is 20.3 Å². The van der Waals surface area contributed by atoms with Crippen LogP contribution in [-0.4, -0.2) is 30.6 Å². The largest absolute Gasteiger partial charge is 0.493 e. The lowest BCUT2D eigenvalue weighted by molar-refractivity contribution is -0.137. The number of aromatic nitrogens is 1. The third-order valence-corrected chi connectivity index (χ3v) is 6.23. The van der Waals surface area contributed by atoms with Gasteiger partial charge in [-0.05, 0) is 29.8 Å². The van der Waals surface area contributed by atoms with Crippen molar-refractivity contribution in [2.75, 3.05) is 20.8 Å². The standard InChI is InChI=1S/C22H21F3N2O2S/c1-28-18-7-6-14(10-19(18)29-2)12-27-9-8-17-20(13-27)30-21(26-17)15-4-3-5-16(11-15)22(23,24)25/h3-7,10-11H,8-9,12-13H2,1-2H3. The van der Waals surface area contributed by atoms with Crippen LogP contribution in [0.1, 0.15) is 21.7 Å². The molecule has 30 heavy (non-hydrogen) atoms. The third-order valence-electron chi connectivity index (χ3n) is 5.10. The highest BCUT2D eigenvalue weighted by Crippen LogP contribution is 2.36. The van der Waals surface area contributed by atoms with Gasteiger partial charge in [0.15, 0.2) is 11.5 Å². The SMILES string of the molecule is COc1ccc(CN2CCc3nc(-c4cccc(C(F)(F)F)c4)sc3C2)cc1OC. The van der Waals surface area contributed by atoms with E-state index < -0.39 is 11.7 Å². The summed E-state index contributed by atoms with van der Waals surface area (Å²) in [5.74, 6) is 1.38. The topological polar surface area (TPSA) is 34.6 Å². The molecule has 0 N–H and O–H groups in total. The third kappa shape index (κ3) is 4.29. The lowest BCUT2D eigenvalue weighted by Gasteiger charge is -2.26. The molecule has 0 saturated heterocycles. The summed E-state index contributed by atoms with van der Waals surface area (Å²) in [6.07, 6.45) is -3.58. The first-order valence-corrected chi connectivity index (χ1v) is 10.3. The second-order valence-corrected chi connectivity index (χ2v) is 8.20. The molecule has 1 aromatic heterocycles. The molecule has 2 aromatic carbocycles. The van der Waals surface area contributed by atoms with Crippen molar-refractivity contribution in [3.05, 3.63) is 64.2 Å². The summed E-state index contributed by atoms with van der Waals surface area (Å²) in [7, 11) is 3.22. The average molecular weight is 434 g/mol. The number of thiazole rings is 1. The summed E-state index contributed by atoms with van der Waals surface area (Å²) < 4.78 is 49.8. The maximum absolute atomic E-state index is 13.0. The number of alkyl halides is 3. The van der Waals surface area contributed by atoms with Gasteiger partial charge in [-0.15, -0.1) is 11.3 Å². The van der Waals surface area contributed by atoms with Crippen LogP contribution < -0.4 is 9.47 Å². The highest BCUT2D eigenvalue weighted by Gasteiger charge is 2.31. The Morgan fingerprint density at radius 3 is 2.60 bits per heavy atom. The minimum Gasteiger partial charge on any atom is -0.493 e. The Hall–Kier alpha value is -2.58. The molecule has 1 aliphatic heterocycles. The zero-order valence-corrected chi connectivity index (χ0v) is 17.4. The molecular weight excluding hydrogens is 413 g/mol. The Balaban J connectivity index is 1.51. The highest BCUT2D eigenvalue weighted by molar-refractivity contribution is 7.15. The maximum atomic E-state index is 13.0. The molecule has 158 valence electrons. The fraction of sp³-hybridized carbons (Fsp3) is 0.318. The molecule has 4 rings (SSSR count). The predicted molar refractivity (Wildman–Crippen MR) is 110 cm³/mol. The van der Waals surface area contributed by atoms with Crippen LogP contribution in [0.4, 0.5) is 13.2 Å². The highest BCUT2D eigenvalue weighted by atomic mass is 32.1. The summed E-state index contributed by atoms with van der Waals surface area (Å²) in [6.45, 7) is 2.31. The fourth-order valence-electron chi connectivity index (χ4n) is 3.57. The number of benzene rings is 2. The van der Waals surface area contributed by atoms with E-state index in [1.165, 1.54) is 23.5 Å². The molecule has 0 radical (unpaired) electrons. The van der Waals surface area contributed by atoms with Crippen LogP contribution in [0.5, 0.6) is 11.5 Å². The lowest BCUT2D eigenvalue weighted by atomic mass is 10.1. The number of nitrogens with zero attached hydrogens (tertiary/aromatic N) is 2. The van der Waals surface area contributed by atoms with Crippen molar-refractivity contribution in [2.24, 2.45) is 0 Å². The van der Waals surface area contributed by atoms with Gasteiger partial charge in [0.25, 0.3) is 0 Å². The van der Waals surface area contributed by atoms with Gasteiger partial charge >= 0.3 is 6.18 Å². The van der Waals surface area contributed by atoms with Gasteiger partial charge in [0.1, 0.15) is 5.01 Å². The molecule has 0 unspecified atom stereocenters. The minimum atomic E-state index is -4.36. The molecule has 0 amide bonds. The van der Waals surface area contributed by atoms with Gasteiger partial charge in [0, 0.05) is 36.5 Å². The Kier molecular flexibility index (Phi) is 5.71. The molecule has 8 heteroatoms. The van der Waals surface area contributed by atoms with E-state index >= 15 is 0 Å². The van der Waals surface area contributed by atoms with Gasteiger partial charge in [0.2, 0.25) is 0 Å². The Labute approximate surface area is 176 Å². The molecule has 3 aromatic rings. The second-order valence-electron chi connectivity index (χ2n) is 7.12. The minimum absolute atomic E-state index is 0.510. The molecule has 0 saturated carbocycles. The van der Waals surface area contributed by atoms with Gasteiger partial charge < -0.3 is 9.47 Å². The summed E-state index contributed by atoms with van der Waals surface area (Å²) in [6, 6.07) is 11.2. The van der Waals surface area contributed by atoms with E-state index in [1.807, 2.05) is 18.2 Å². The Morgan fingerprint density at radius 2 is 1.87 bits per heavy atom. The van der Waals surface area contributed by atoms with Crippen molar-refractivity contribution in [3.8, 4) is 22.1 Å². The number of methoxy groups -OCH3 is 2. The van der Waals surface area contributed by atoms with E-state index in [4.69, 9.17) is 9.47 Å². The molecule has 0 fully saturated rings. The molecule has 1 aliphatic rings. The van der Waals surface area contributed by atoms with Crippen LogP contribution in [0.15, 0.2) is 42.5 Å². The van der Waals surface area contributed by atoms with Crippen molar-refractivity contribution >= 4 is 11.3 Å². The van der Waals surface area contributed by atoms with E-state index in [0.717, 1.165) is 48.3 Å². The second kappa shape index (κ2) is 8.28. The first-order valence-electron chi connectivity index (χ1n) is 9.47. The normalized spacial score (nSPS) is 14.4. The summed E-state index contributed by atoms with van der Waals surface area (Å²) >= 11 is 1.47. The van der Waals surface area contributed by atoms with Crippen LogP contribution in [0.2, 0.25) is 0 Å². The number of hydrogen-bond acceptors (Lipinski definition) is 5. The predicted octanol–water partition coefficient (Wildman–Crippen LogP) is 5.40. The van der Waals surface area contributed by atoms with Crippen LogP contribution in [0, 0.1) is 0 Å². The summed E-state index contributed by atoms with van der Waals surface area (Å²) in [4.78, 5) is 8.03. The molecule has 0 spiro atoms. The van der Waals surface area contributed by atoms with Crippen LogP contribution in [-0.2, 0) is 25.7 Å². The van der Waals surface area contributed by atoms with Gasteiger partial charge in [0.05, 0.1) is 25.5 Å². The van der Waals surface area contributed by atoms with E-state index in [2.05, 4.69) is 9.88 Å². The van der Waals surface area contributed by atoms with Gasteiger partial charge in [-0.25, -0.2) is 4.98 Å². The van der Waals surface area contributed by atoms with Crippen LogP contribution >= 0.6 is 11.3 Å². The maximum Gasteiger partial charge on any atom is 0.416 e. The Morgan fingerprint density at radius 1 is 1.07 bits per heavy atom. The lowest BCUT2D eigenvalue weighted by Crippen LogP contribution is -2.29. The van der Waals surface area contributed by atoms with Crippen LogP contribution in [0.3, 0.4) is 0 Å². The fourth-order valence-corrected chi connectivity index (χ4v) is 4.72. The molecule has 4 nitrogen and oxygen atoms in total. The monoisotopic (exact) mass is 434 g/mol. The van der Waals surface area contributed by atoms with Crippen molar-refractivity contribution in [1.82, 2.24) is 9.88 Å². The molecule has 0 bridgehead atoms. The van der Waals surface area contributed by atoms with Gasteiger partial charge in [-0.1, -0.05) is 18.2 Å².